The van der Waals surface area contributed by atoms with E-state index in [0.29, 0.717) is 109 Å². The first-order chi connectivity index (χ1) is 50.6. The summed E-state index contributed by atoms with van der Waals surface area (Å²) in [6.07, 6.45) is 11.7. The van der Waals surface area contributed by atoms with E-state index >= 15 is 0 Å². The number of fused-ring (bicyclic) bond motifs is 8. The maximum atomic E-state index is 13.6. The molecule has 7 aromatic heterocycles. The molecule has 28 nitrogen and oxygen atoms in total. The first-order valence-electron chi connectivity index (χ1n) is 32.0. The molecule has 106 heavy (non-hydrogen) atoms. The Kier molecular flexibility index (Phi) is 19.1. The van der Waals surface area contributed by atoms with Crippen LogP contribution in [0.3, 0.4) is 0 Å². The summed E-state index contributed by atoms with van der Waals surface area (Å²) in [6, 6.07) is 35.7. The lowest BCUT2D eigenvalue weighted by atomic mass is 10.1. The van der Waals surface area contributed by atoms with Gasteiger partial charge in [-0.25, -0.2) is 33.7 Å². The average Bonchev–Trinajstić information content (AvgIpc) is 1.49. The number of pyridine rings is 7. The van der Waals surface area contributed by atoms with Crippen LogP contribution in [-0.4, -0.2) is 109 Å². The molecule has 0 amide bonds. The maximum Gasteiger partial charge on any atom is 0.265 e. The molecule has 0 radical (unpaired) electrons. The molecule has 0 unspecified atom stereocenters. The number of halogens is 2. The molecule has 0 saturated carbocycles. The molecule has 0 saturated heterocycles. The Hall–Kier alpha value is -12.3. The molecule has 0 aliphatic carbocycles. The second-order valence-corrected chi connectivity index (χ2v) is 32.6. The largest absolute Gasteiger partial charge is 0.377 e. The standard InChI is InChI=1S/C20H17ClN4O3S.C18H14N4O3S.C17H11ClN4O3S.C17H12N4O3S/c1-24(2)16-8-12(10-22)9-17-13(16)6-7-25(17)29(27,28)18-5-3-4-14-19(18)15(21)11-23-20(14)26;1-11-9-21-18(23)13-3-2-4-16(17(11)13)26(24,25)22-6-5-14-15(22)7-12(8-19)10-20-14;18-12-9-21-17(23)11-2-1-3-15(16(11)12)26(24,25)22-5-4-13-14(22)6-10(7-19)8-20-13;18-9-11-8-15-14(20-10-11)5-7-21(15)25(23,24)16-3-1-2-13-12(16)4-6-19-17(13)22/h3-5,8-9,11H,6-7H2,1-2H3,(H,23,26);2-4,7,9-10H,5-6H2,1H3,(H,21,23);1-3,6,8-9H,4-5H2,(H,21,23);1-4,6,8,10H,5,7H2,(H,19,22). The van der Waals surface area contributed by atoms with Crippen molar-refractivity contribution < 1.29 is 33.7 Å². The van der Waals surface area contributed by atoms with E-state index in [-0.39, 0.29) is 94.0 Å². The number of benzene rings is 5. The van der Waals surface area contributed by atoms with E-state index in [1.165, 1.54) is 127 Å². The van der Waals surface area contributed by atoms with Crippen molar-refractivity contribution >= 4 is 135 Å². The molecule has 532 valence electrons. The summed E-state index contributed by atoms with van der Waals surface area (Å²) >= 11 is 12.4. The molecule has 0 atom stereocenters. The van der Waals surface area contributed by atoms with E-state index in [9.17, 15) is 58.1 Å². The second kappa shape index (κ2) is 28.1. The van der Waals surface area contributed by atoms with Crippen molar-refractivity contribution in [1.29, 1.82) is 21.0 Å². The minimum atomic E-state index is -4.02. The highest BCUT2D eigenvalue weighted by Crippen LogP contribution is 2.43. The van der Waals surface area contributed by atoms with Crippen LogP contribution in [0.15, 0.2) is 191 Å². The van der Waals surface area contributed by atoms with Gasteiger partial charge in [-0.2, -0.15) is 21.0 Å². The number of rotatable bonds is 9. The van der Waals surface area contributed by atoms with Gasteiger partial charge in [-0.15, -0.1) is 0 Å². The van der Waals surface area contributed by atoms with Gasteiger partial charge >= 0.3 is 0 Å². The van der Waals surface area contributed by atoms with Gasteiger partial charge in [0.25, 0.3) is 62.3 Å². The van der Waals surface area contributed by atoms with E-state index in [1.54, 1.807) is 49.4 Å². The lowest BCUT2D eigenvalue weighted by Crippen LogP contribution is -2.29. The summed E-state index contributed by atoms with van der Waals surface area (Å²) in [5, 5.41) is 39.1. The molecule has 16 rings (SSSR count). The van der Waals surface area contributed by atoms with Crippen LogP contribution in [0.25, 0.3) is 43.1 Å². The van der Waals surface area contributed by atoms with Crippen molar-refractivity contribution in [3.63, 3.8) is 0 Å². The number of nitriles is 4. The number of sulfonamides is 4. The zero-order chi connectivity index (χ0) is 75.5. The molecule has 4 aliphatic rings. The van der Waals surface area contributed by atoms with Gasteiger partial charge in [0, 0.05) is 157 Å². The molecular weight excluding hydrogens is 1480 g/mol. The molecule has 5 aromatic carbocycles. The Morgan fingerprint density at radius 1 is 0.415 bits per heavy atom. The molecule has 0 bridgehead atoms. The number of nitrogens with one attached hydrogen (secondary N) is 4. The van der Waals surface area contributed by atoms with Gasteiger partial charge in [0.05, 0.1) is 97.8 Å². The predicted molar refractivity (Wildman–Crippen MR) is 398 cm³/mol. The van der Waals surface area contributed by atoms with Crippen LogP contribution in [0.4, 0.5) is 28.4 Å². The van der Waals surface area contributed by atoms with Crippen molar-refractivity contribution in [3.8, 4) is 24.3 Å². The molecule has 34 heteroatoms. The van der Waals surface area contributed by atoms with Crippen LogP contribution in [0.2, 0.25) is 10.0 Å². The normalized spacial score (nSPS) is 13.6. The number of H-pyrrole nitrogens is 4. The van der Waals surface area contributed by atoms with Crippen LogP contribution in [-0.2, 0) is 65.8 Å². The number of aromatic amines is 4. The van der Waals surface area contributed by atoms with Crippen molar-refractivity contribution in [2.75, 3.05) is 62.4 Å². The van der Waals surface area contributed by atoms with Crippen LogP contribution >= 0.6 is 23.2 Å². The highest BCUT2D eigenvalue weighted by Gasteiger charge is 2.39. The smallest absolute Gasteiger partial charge is 0.265 e. The molecule has 12 aromatic rings. The van der Waals surface area contributed by atoms with E-state index < -0.39 is 51.2 Å². The van der Waals surface area contributed by atoms with E-state index in [4.69, 9.17) is 39.0 Å². The monoisotopic (exact) mass is 1530 g/mol. The van der Waals surface area contributed by atoms with Crippen LogP contribution in [0, 0.1) is 52.2 Å². The van der Waals surface area contributed by atoms with Gasteiger partial charge in [0.15, 0.2) is 0 Å². The van der Waals surface area contributed by atoms with Gasteiger partial charge in [-0.3, -0.25) is 51.4 Å². The first-order valence-corrected chi connectivity index (χ1v) is 38.5. The van der Waals surface area contributed by atoms with E-state index in [0.717, 1.165) is 11.3 Å². The highest BCUT2D eigenvalue weighted by atomic mass is 35.5. The molecule has 0 spiro atoms. The van der Waals surface area contributed by atoms with Crippen molar-refractivity contribution in [2.45, 2.75) is 52.2 Å². The third kappa shape index (κ3) is 12.7. The van der Waals surface area contributed by atoms with Crippen LogP contribution < -0.4 is 44.4 Å². The lowest BCUT2D eigenvalue weighted by molar-refractivity contribution is 0.591. The lowest BCUT2D eigenvalue weighted by Gasteiger charge is -2.22. The fraction of sp³-hybridized carbons (Fsp3) is 0.153. The summed E-state index contributed by atoms with van der Waals surface area (Å²) in [5.41, 5.74) is 5.67. The molecule has 11 heterocycles. The average molecular weight is 1530 g/mol. The molecule has 4 N–H and O–H groups in total. The third-order valence-corrected chi connectivity index (χ3v) is 26.2. The minimum absolute atomic E-state index is 0.0345. The van der Waals surface area contributed by atoms with Crippen molar-refractivity contribution in [1.82, 2.24) is 34.9 Å². The van der Waals surface area contributed by atoms with Gasteiger partial charge in [0.2, 0.25) is 0 Å². The Balaban J connectivity index is 0.000000125. The number of nitrogens with zero attached hydrogens (tertiary/aromatic N) is 12. The Bertz CT molecular complexity index is 6490. The fourth-order valence-electron chi connectivity index (χ4n) is 13.2. The number of aryl methyl sites for hydroxylation is 1. The Morgan fingerprint density at radius 2 is 0.764 bits per heavy atom. The summed E-state index contributed by atoms with van der Waals surface area (Å²) in [4.78, 5) is 72.9. The quantitative estimate of drug-likeness (QED) is 0.105. The predicted octanol–water partition coefficient (Wildman–Crippen LogP) is 8.47. The summed E-state index contributed by atoms with van der Waals surface area (Å²) < 4.78 is 112. The van der Waals surface area contributed by atoms with Gasteiger partial charge in [-0.1, -0.05) is 47.5 Å². The Morgan fingerprint density at radius 3 is 1.19 bits per heavy atom. The maximum absolute atomic E-state index is 13.6. The molecular formula is C72H54Cl2N16O12S4. The van der Waals surface area contributed by atoms with Gasteiger partial charge in [-0.05, 0) is 104 Å². The third-order valence-electron chi connectivity index (χ3n) is 18.1. The van der Waals surface area contributed by atoms with Gasteiger partial charge < -0.3 is 24.8 Å². The number of aromatic nitrogens is 7. The zero-order valence-electron chi connectivity index (χ0n) is 55.7. The Labute approximate surface area is 613 Å². The first kappa shape index (κ1) is 72.1. The SMILES string of the molecule is CN(C)c1cc(C#N)cc2c1CCN2S(=O)(=O)c1cccc2c(=O)[nH]cc(Cl)c12.Cc1c[nH]c(=O)c2cccc(S(=O)(=O)N3CCc4ncc(C#N)cc43)c12.N#Cc1cnc2c(c1)N(S(=O)(=O)c1cccc3c(=O)[nH]cc(Cl)c13)CC2.N#Cc1cnc2c(c1)N(S(=O)(=O)c1cccc3c(=O)[nH]ccc13)CC2. The van der Waals surface area contributed by atoms with Gasteiger partial charge in [0.1, 0.15) is 18.2 Å². The van der Waals surface area contributed by atoms with E-state index in [1.807, 2.05) is 37.2 Å². The second-order valence-electron chi connectivity index (χ2n) is 24.5. The minimum Gasteiger partial charge on any atom is -0.377 e. The summed E-state index contributed by atoms with van der Waals surface area (Å²) in [5.74, 6) is 0. The number of anilines is 5. The van der Waals surface area contributed by atoms with Crippen LogP contribution in [0.1, 0.15) is 50.5 Å². The number of hydrogen-bond acceptors (Lipinski definition) is 20. The topological polar surface area (TPSA) is 418 Å². The van der Waals surface area contributed by atoms with Crippen LogP contribution in [0.5, 0.6) is 0 Å². The summed E-state index contributed by atoms with van der Waals surface area (Å²) in [7, 11) is -12.1. The fourth-order valence-corrected chi connectivity index (χ4v) is 20.8. The van der Waals surface area contributed by atoms with E-state index in [2.05, 4.69) is 41.0 Å². The van der Waals surface area contributed by atoms with Crippen molar-refractivity contribution in [2.24, 2.45) is 0 Å². The van der Waals surface area contributed by atoms with Crippen molar-refractivity contribution in [3.05, 3.63) is 254 Å². The number of hydrogen-bond donors (Lipinski definition) is 4. The summed E-state index contributed by atoms with van der Waals surface area (Å²) in [6.45, 7) is 2.70. The molecule has 0 fully saturated rings. The zero-order valence-corrected chi connectivity index (χ0v) is 60.5. The highest BCUT2D eigenvalue weighted by molar-refractivity contribution is 7.94. The molecule has 4 aliphatic heterocycles.